The van der Waals surface area contributed by atoms with Gasteiger partial charge in [0, 0.05) is 11.3 Å². The highest BCUT2D eigenvalue weighted by Crippen LogP contribution is 2.46. The second-order valence-corrected chi connectivity index (χ2v) is 12.0. The molecule has 0 unspecified atom stereocenters. The van der Waals surface area contributed by atoms with Gasteiger partial charge in [0.25, 0.3) is 5.78 Å². The largest absolute Gasteiger partial charge is 0.507 e. The van der Waals surface area contributed by atoms with Gasteiger partial charge in [0.15, 0.2) is 27.3 Å². The van der Waals surface area contributed by atoms with Gasteiger partial charge in [0.05, 0.1) is 24.8 Å². The quantitative estimate of drug-likeness (QED) is 0.0703. The lowest BCUT2D eigenvalue weighted by Crippen LogP contribution is -2.29. The van der Waals surface area contributed by atoms with Gasteiger partial charge in [-0.05, 0) is 61.4 Å². The molecule has 3 aromatic carbocycles. The molecule has 2 aliphatic rings. The average Bonchev–Trinajstić information content (AvgIpc) is 3.62. The number of ketones is 1. The van der Waals surface area contributed by atoms with E-state index in [0.29, 0.717) is 70.6 Å². The number of nitrogens with zero attached hydrogens (tertiary/aromatic N) is 3. The molecule has 232 valence electrons. The van der Waals surface area contributed by atoms with Gasteiger partial charge in [-0.2, -0.15) is 0 Å². The van der Waals surface area contributed by atoms with E-state index in [-0.39, 0.29) is 27.8 Å². The van der Waals surface area contributed by atoms with Crippen molar-refractivity contribution < 1.29 is 38.0 Å². The van der Waals surface area contributed by atoms with Crippen LogP contribution in [0.4, 0.5) is 9.52 Å². The van der Waals surface area contributed by atoms with E-state index in [1.54, 1.807) is 54.6 Å². The maximum absolute atomic E-state index is 14.2. The number of halogens is 1. The Balaban J connectivity index is 1.43. The third kappa shape index (κ3) is 6.05. The van der Waals surface area contributed by atoms with E-state index < -0.39 is 17.7 Å². The van der Waals surface area contributed by atoms with Crippen LogP contribution in [0.15, 0.2) is 70.6 Å². The van der Waals surface area contributed by atoms with Crippen LogP contribution in [-0.4, -0.2) is 53.4 Å². The van der Waals surface area contributed by atoms with Gasteiger partial charge in [0.2, 0.25) is 5.13 Å². The predicted octanol–water partition coefficient (Wildman–Crippen LogP) is 6.16. The summed E-state index contributed by atoms with van der Waals surface area (Å²) in [4.78, 5) is 28.6. The number of thioether (sulfide) groups is 1. The molecule has 0 bridgehead atoms. The van der Waals surface area contributed by atoms with Crippen molar-refractivity contribution in [2.45, 2.75) is 30.0 Å². The number of benzene rings is 3. The number of Topliss-reactive ketones (excluding diaryl/α,β-unsaturated/α-hetero) is 1. The van der Waals surface area contributed by atoms with E-state index in [0.717, 1.165) is 11.3 Å². The zero-order chi connectivity index (χ0) is 31.5. The lowest BCUT2D eigenvalue weighted by molar-refractivity contribution is -0.132. The monoisotopic (exact) mass is 649 g/mol. The number of hydrogen-bond acceptors (Lipinski definition) is 11. The summed E-state index contributed by atoms with van der Waals surface area (Å²) >= 11 is 2.35. The summed E-state index contributed by atoms with van der Waals surface area (Å²) in [6, 6.07) is 15.3. The number of carbonyl (C=O) groups is 2. The van der Waals surface area contributed by atoms with Gasteiger partial charge in [-0.3, -0.25) is 14.5 Å². The number of rotatable bonds is 10. The fourth-order valence-corrected chi connectivity index (χ4v) is 6.90. The van der Waals surface area contributed by atoms with E-state index in [4.69, 9.17) is 18.9 Å². The molecule has 6 rings (SSSR count). The molecule has 13 heteroatoms. The molecule has 4 aromatic rings. The Morgan fingerprint density at radius 3 is 2.53 bits per heavy atom. The number of aromatic nitrogens is 2. The van der Waals surface area contributed by atoms with Crippen LogP contribution >= 0.6 is 23.1 Å². The molecular weight excluding hydrogens is 621 g/mol. The normalized spacial score (nSPS) is 17.0. The lowest BCUT2D eigenvalue weighted by atomic mass is 9.95. The molecule has 1 saturated heterocycles. The average molecular weight is 650 g/mol. The van der Waals surface area contributed by atoms with Gasteiger partial charge >= 0.3 is 5.91 Å². The molecule has 10 nitrogen and oxygen atoms in total. The van der Waals surface area contributed by atoms with Gasteiger partial charge in [-0.25, -0.2) is 4.39 Å². The van der Waals surface area contributed by atoms with E-state index in [2.05, 4.69) is 10.2 Å². The standard InChI is InChI=1S/C32H28FN3O7S2/c1-3-40-22-11-9-18(15-24(22)41-4-2)27-26(28(37)19-10-12-23-25(16-19)43-14-13-42-23)29(38)30(39)36(27)31-34-35-32(45-31)44-17-20-7-5-6-8-21(20)33/h5-12,15-16,27,37H,3-4,13-14,17H2,1-2H3/b28-26+/t27-/m1/s1. The van der Waals surface area contributed by atoms with Crippen molar-refractivity contribution in [2.75, 3.05) is 31.3 Å². The first-order chi connectivity index (χ1) is 21.9. The fourth-order valence-electron chi connectivity index (χ4n) is 5.04. The van der Waals surface area contributed by atoms with Crippen LogP contribution in [0.1, 0.15) is 36.6 Å². The number of hydrogen-bond donors (Lipinski definition) is 1. The first-order valence-corrected chi connectivity index (χ1v) is 16.0. The highest BCUT2D eigenvalue weighted by molar-refractivity contribution is 8.00. The number of aliphatic hydroxyl groups is 1. The van der Waals surface area contributed by atoms with E-state index in [1.807, 2.05) is 13.8 Å². The van der Waals surface area contributed by atoms with E-state index in [9.17, 15) is 19.1 Å². The van der Waals surface area contributed by atoms with Crippen LogP contribution in [0.3, 0.4) is 0 Å². The molecule has 45 heavy (non-hydrogen) atoms. The Labute approximate surface area is 266 Å². The van der Waals surface area contributed by atoms with Crippen molar-refractivity contribution in [1.82, 2.24) is 10.2 Å². The van der Waals surface area contributed by atoms with E-state index in [1.165, 1.54) is 22.7 Å². The molecule has 1 atom stereocenters. The molecule has 0 spiro atoms. The molecule has 3 heterocycles. The van der Waals surface area contributed by atoms with Crippen molar-refractivity contribution in [1.29, 1.82) is 0 Å². The number of aliphatic hydroxyl groups excluding tert-OH is 1. The Kier molecular flexibility index (Phi) is 8.90. The predicted molar refractivity (Wildman–Crippen MR) is 167 cm³/mol. The summed E-state index contributed by atoms with van der Waals surface area (Å²) in [6.45, 7) is 5.16. The molecule has 1 amide bonds. The molecule has 0 radical (unpaired) electrons. The van der Waals surface area contributed by atoms with Gasteiger partial charge < -0.3 is 24.1 Å². The zero-order valence-corrected chi connectivity index (χ0v) is 26.0. The Morgan fingerprint density at radius 1 is 1.00 bits per heavy atom. The summed E-state index contributed by atoms with van der Waals surface area (Å²) in [6.07, 6.45) is 0. The molecule has 2 aliphatic heterocycles. The number of ether oxygens (including phenoxy) is 4. The van der Waals surface area contributed by atoms with E-state index >= 15 is 0 Å². The molecule has 0 saturated carbocycles. The highest BCUT2D eigenvalue weighted by atomic mass is 32.2. The summed E-state index contributed by atoms with van der Waals surface area (Å²) in [7, 11) is 0. The number of anilines is 1. The lowest BCUT2D eigenvalue weighted by Gasteiger charge is -2.24. The Hall–Kier alpha value is -4.62. The van der Waals surface area contributed by atoms with Crippen LogP contribution in [0, 0.1) is 5.82 Å². The minimum atomic E-state index is -1.08. The van der Waals surface area contributed by atoms with Crippen LogP contribution in [0.2, 0.25) is 0 Å². The Bertz CT molecular complexity index is 1790. The van der Waals surface area contributed by atoms with Crippen LogP contribution < -0.4 is 23.8 Å². The maximum Gasteiger partial charge on any atom is 0.301 e. The molecular formula is C32H28FN3O7S2. The van der Waals surface area contributed by atoms with Crippen molar-refractivity contribution in [2.24, 2.45) is 0 Å². The van der Waals surface area contributed by atoms with Crippen molar-refractivity contribution in [3.8, 4) is 23.0 Å². The third-order valence-electron chi connectivity index (χ3n) is 7.05. The van der Waals surface area contributed by atoms with Crippen molar-refractivity contribution >= 4 is 45.7 Å². The molecule has 0 aliphatic carbocycles. The minimum Gasteiger partial charge on any atom is -0.507 e. The number of carbonyl (C=O) groups excluding carboxylic acids is 2. The van der Waals surface area contributed by atoms with Gasteiger partial charge in [0.1, 0.15) is 24.8 Å². The zero-order valence-electron chi connectivity index (χ0n) is 24.3. The summed E-state index contributed by atoms with van der Waals surface area (Å²) < 4.78 is 37.5. The molecule has 1 fully saturated rings. The summed E-state index contributed by atoms with van der Waals surface area (Å²) in [5, 5.41) is 20.2. The maximum atomic E-state index is 14.2. The summed E-state index contributed by atoms with van der Waals surface area (Å²) in [5.41, 5.74) is 1.11. The van der Waals surface area contributed by atoms with Crippen molar-refractivity contribution in [3.05, 3.63) is 88.7 Å². The third-order valence-corrected chi connectivity index (χ3v) is 9.16. The first-order valence-electron chi connectivity index (χ1n) is 14.2. The van der Waals surface area contributed by atoms with Crippen molar-refractivity contribution in [3.63, 3.8) is 0 Å². The van der Waals surface area contributed by atoms with Crippen LogP contribution in [0.25, 0.3) is 5.76 Å². The first kappa shape index (κ1) is 30.4. The van der Waals surface area contributed by atoms with Crippen LogP contribution in [-0.2, 0) is 15.3 Å². The van der Waals surface area contributed by atoms with Gasteiger partial charge in [-0.1, -0.05) is 47.4 Å². The molecule has 1 N–H and O–H groups in total. The van der Waals surface area contributed by atoms with Gasteiger partial charge in [-0.15, -0.1) is 10.2 Å². The second kappa shape index (κ2) is 13.2. The SMILES string of the molecule is CCOc1ccc([C@@H]2/C(=C(\O)c3ccc4c(c3)OCCO4)C(=O)C(=O)N2c2nnc(SCc3ccccc3F)s2)cc1OCC. The second-order valence-electron chi connectivity index (χ2n) is 9.83. The summed E-state index contributed by atoms with van der Waals surface area (Å²) in [5.74, 6) is -0.362. The van der Waals surface area contributed by atoms with Crippen LogP contribution in [0.5, 0.6) is 23.0 Å². The number of amides is 1. The smallest absolute Gasteiger partial charge is 0.301 e. The topological polar surface area (TPSA) is 120 Å². The highest BCUT2D eigenvalue weighted by Gasteiger charge is 2.48. The minimum absolute atomic E-state index is 0.140. The Morgan fingerprint density at radius 2 is 1.76 bits per heavy atom. The number of fused-ring (bicyclic) bond motifs is 1. The molecule has 1 aromatic heterocycles. The fraction of sp³-hybridized carbons (Fsp3) is 0.250.